The molecule has 0 amide bonds. The third kappa shape index (κ3) is 2.07. The average molecular weight is 233 g/mol. The normalized spacial score (nSPS) is 15.4. The molecule has 0 aromatic carbocycles. The van der Waals surface area contributed by atoms with Crippen molar-refractivity contribution in [3.8, 4) is 0 Å². The van der Waals surface area contributed by atoms with Gasteiger partial charge < -0.3 is 0 Å². The van der Waals surface area contributed by atoms with Gasteiger partial charge in [0.05, 0.1) is 7.05 Å². The first kappa shape index (κ1) is 11.9. The van der Waals surface area contributed by atoms with E-state index in [4.69, 9.17) is 0 Å². The van der Waals surface area contributed by atoms with Crippen LogP contribution in [-0.2, 0) is 7.05 Å². The molecule has 1 rings (SSSR count). The van der Waals surface area contributed by atoms with E-state index < -0.39 is 18.4 Å². The lowest BCUT2D eigenvalue weighted by molar-refractivity contribution is -0.671. The van der Waals surface area contributed by atoms with Gasteiger partial charge in [0, 0.05) is 0 Å². The van der Waals surface area contributed by atoms with Gasteiger partial charge in [0.1, 0.15) is 12.4 Å². The molecule has 86 valence electrons. The Morgan fingerprint density at radius 3 is 2.07 bits per heavy atom. The molecular formula is C7H7F6N2+. The van der Waals surface area contributed by atoms with Gasteiger partial charge in [0.2, 0.25) is 6.33 Å². The highest BCUT2D eigenvalue weighted by Crippen LogP contribution is 2.43. The minimum Gasteiger partial charge on any atom is -0.239 e. The minimum absolute atomic E-state index is 0.160. The molecule has 1 aromatic heterocycles. The van der Waals surface area contributed by atoms with Crippen LogP contribution in [0.15, 0.2) is 18.7 Å². The molecule has 1 atom stereocenters. The van der Waals surface area contributed by atoms with Crippen LogP contribution in [0.25, 0.3) is 0 Å². The lowest BCUT2D eigenvalue weighted by Crippen LogP contribution is -2.42. The maximum atomic E-state index is 12.9. The summed E-state index contributed by atoms with van der Waals surface area (Å²) in [5, 5.41) is 0. The molecule has 0 saturated heterocycles. The molecule has 0 fully saturated rings. The van der Waals surface area contributed by atoms with Gasteiger partial charge in [-0.1, -0.05) is 0 Å². The second-order valence-electron chi connectivity index (χ2n) is 2.98. The molecular weight excluding hydrogens is 226 g/mol. The summed E-state index contributed by atoms with van der Waals surface area (Å²) in [6.07, 6.45) is -6.62. The molecule has 0 spiro atoms. The molecule has 1 unspecified atom stereocenters. The fourth-order valence-electron chi connectivity index (χ4n) is 0.926. The summed E-state index contributed by atoms with van der Waals surface area (Å²) in [6.45, 7) is 0. The smallest absolute Gasteiger partial charge is 0.239 e. The monoisotopic (exact) mass is 233 g/mol. The van der Waals surface area contributed by atoms with Crippen LogP contribution in [0.3, 0.4) is 0 Å². The fourth-order valence-corrected chi connectivity index (χ4v) is 0.926. The lowest BCUT2D eigenvalue weighted by Gasteiger charge is -2.20. The Hall–Kier alpha value is -1.21. The van der Waals surface area contributed by atoms with E-state index in [2.05, 4.69) is 0 Å². The van der Waals surface area contributed by atoms with E-state index in [1.165, 1.54) is 7.05 Å². The molecule has 2 nitrogen and oxygen atoms in total. The zero-order chi connectivity index (χ0) is 11.9. The van der Waals surface area contributed by atoms with Gasteiger partial charge in [0.25, 0.3) is 0 Å². The Bertz CT molecular complexity index is 341. The number of imidazole rings is 1. The second kappa shape index (κ2) is 3.42. The zero-order valence-electron chi connectivity index (χ0n) is 7.47. The number of aromatic nitrogens is 2. The Morgan fingerprint density at radius 2 is 1.73 bits per heavy atom. The number of halogens is 6. The van der Waals surface area contributed by atoms with Crippen molar-refractivity contribution in [1.29, 1.82) is 0 Å². The summed E-state index contributed by atoms with van der Waals surface area (Å²) in [7, 11) is 1.37. The van der Waals surface area contributed by atoms with Crippen molar-refractivity contribution in [2.24, 2.45) is 7.05 Å². The molecule has 0 radical (unpaired) electrons. The van der Waals surface area contributed by atoms with Crippen LogP contribution in [0.2, 0.25) is 0 Å². The predicted molar refractivity (Wildman–Crippen MR) is 36.8 cm³/mol. The van der Waals surface area contributed by atoms with E-state index >= 15 is 0 Å². The predicted octanol–water partition coefficient (Wildman–Crippen LogP) is 1.98. The standard InChI is InChI=1S/C7H7F6N2/c1-14-2-3-15(4-14)5(8)6(9,10)7(11,12)13/h2-5H,1H3/q+1. The maximum Gasteiger partial charge on any atom is 0.461 e. The van der Waals surface area contributed by atoms with Crippen molar-refractivity contribution in [2.45, 2.75) is 18.4 Å². The van der Waals surface area contributed by atoms with Crippen molar-refractivity contribution in [3.63, 3.8) is 0 Å². The molecule has 0 saturated carbocycles. The highest BCUT2D eigenvalue weighted by atomic mass is 19.4. The summed E-state index contributed by atoms with van der Waals surface area (Å²) >= 11 is 0. The Kier molecular flexibility index (Phi) is 2.71. The molecule has 15 heavy (non-hydrogen) atoms. The molecule has 0 aliphatic heterocycles. The summed E-state index contributed by atoms with van der Waals surface area (Å²) in [5.74, 6) is -5.40. The summed E-state index contributed by atoms with van der Waals surface area (Å²) < 4.78 is 74.5. The van der Waals surface area contributed by atoms with E-state index in [1.54, 1.807) is 0 Å². The largest absolute Gasteiger partial charge is 0.461 e. The van der Waals surface area contributed by atoms with Crippen molar-refractivity contribution < 1.29 is 30.9 Å². The molecule has 1 heterocycles. The first-order chi connectivity index (χ1) is 6.66. The molecule has 0 N–H and O–H groups in total. The molecule has 8 heteroatoms. The van der Waals surface area contributed by atoms with Gasteiger partial charge in [-0.25, -0.2) is 4.57 Å². The lowest BCUT2D eigenvalue weighted by atomic mass is 10.3. The van der Waals surface area contributed by atoms with E-state index in [-0.39, 0.29) is 4.57 Å². The number of rotatable bonds is 2. The van der Waals surface area contributed by atoms with Gasteiger partial charge in [-0.3, -0.25) is 0 Å². The Labute approximate surface area is 80.7 Å². The number of alkyl halides is 6. The first-order valence-electron chi connectivity index (χ1n) is 3.77. The van der Waals surface area contributed by atoms with E-state index in [1.807, 2.05) is 0 Å². The van der Waals surface area contributed by atoms with E-state index in [9.17, 15) is 26.3 Å². The van der Waals surface area contributed by atoms with Gasteiger partial charge in [0.15, 0.2) is 0 Å². The van der Waals surface area contributed by atoms with Crippen molar-refractivity contribution in [3.05, 3.63) is 18.7 Å². The highest BCUT2D eigenvalue weighted by molar-refractivity contribution is 4.84. The van der Waals surface area contributed by atoms with Gasteiger partial charge in [-0.2, -0.15) is 30.9 Å². The van der Waals surface area contributed by atoms with E-state index in [0.717, 1.165) is 23.3 Å². The molecule has 1 aromatic rings. The Balaban J connectivity index is 2.99. The molecule has 0 aliphatic carbocycles. The number of aryl methyl sites for hydroxylation is 1. The maximum absolute atomic E-state index is 12.9. The first-order valence-corrected chi connectivity index (χ1v) is 3.77. The van der Waals surface area contributed by atoms with Crippen LogP contribution in [0.4, 0.5) is 26.3 Å². The number of hydrogen-bond acceptors (Lipinski definition) is 0. The van der Waals surface area contributed by atoms with Crippen molar-refractivity contribution >= 4 is 0 Å². The summed E-state index contributed by atoms with van der Waals surface area (Å²) in [6, 6.07) is 0. The average Bonchev–Trinajstić information content (AvgIpc) is 2.48. The Morgan fingerprint density at radius 1 is 1.20 bits per heavy atom. The third-order valence-corrected chi connectivity index (χ3v) is 1.73. The van der Waals surface area contributed by atoms with Crippen LogP contribution in [0.5, 0.6) is 0 Å². The van der Waals surface area contributed by atoms with Gasteiger partial charge in [-0.05, 0) is 0 Å². The highest BCUT2D eigenvalue weighted by Gasteiger charge is 2.66. The van der Waals surface area contributed by atoms with Crippen LogP contribution in [0, 0.1) is 0 Å². The zero-order valence-corrected chi connectivity index (χ0v) is 7.47. The van der Waals surface area contributed by atoms with Crippen LogP contribution >= 0.6 is 0 Å². The van der Waals surface area contributed by atoms with Crippen LogP contribution in [-0.4, -0.2) is 16.7 Å². The topological polar surface area (TPSA) is 8.81 Å². The number of nitrogens with zero attached hydrogens (tertiary/aromatic N) is 2. The fraction of sp³-hybridized carbons (Fsp3) is 0.571. The van der Waals surface area contributed by atoms with Gasteiger partial charge >= 0.3 is 18.4 Å². The summed E-state index contributed by atoms with van der Waals surface area (Å²) in [5.41, 5.74) is 0. The van der Waals surface area contributed by atoms with Crippen molar-refractivity contribution in [1.82, 2.24) is 4.57 Å². The van der Waals surface area contributed by atoms with Crippen molar-refractivity contribution in [2.75, 3.05) is 0 Å². The van der Waals surface area contributed by atoms with Crippen LogP contribution < -0.4 is 4.57 Å². The molecule has 0 bridgehead atoms. The van der Waals surface area contributed by atoms with Gasteiger partial charge in [-0.15, -0.1) is 0 Å². The summed E-state index contributed by atoms with van der Waals surface area (Å²) in [4.78, 5) is 0. The van der Waals surface area contributed by atoms with E-state index in [0.29, 0.717) is 0 Å². The second-order valence-corrected chi connectivity index (χ2v) is 2.98. The SMILES string of the molecule is C[n+]1ccn(C(F)C(F)(F)C(F)(F)F)c1. The third-order valence-electron chi connectivity index (χ3n) is 1.73. The van der Waals surface area contributed by atoms with Crippen LogP contribution in [0.1, 0.15) is 6.30 Å². The molecule has 0 aliphatic rings. The quantitative estimate of drug-likeness (QED) is 0.545. The number of hydrogen-bond donors (Lipinski definition) is 0. The minimum atomic E-state index is -5.91.